The summed E-state index contributed by atoms with van der Waals surface area (Å²) in [6, 6.07) is 2.59. The Morgan fingerprint density at radius 2 is 2.11 bits per heavy atom. The van der Waals surface area contributed by atoms with Gasteiger partial charge in [0, 0.05) is 19.2 Å². The van der Waals surface area contributed by atoms with E-state index in [1.54, 1.807) is 0 Å². The second-order valence-corrected chi connectivity index (χ2v) is 7.25. The first-order valence-electron chi connectivity index (χ1n) is 8.73. The van der Waals surface area contributed by atoms with Gasteiger partial charge in [-0.15, -0.1) is 0 Å². The summed E-state index contributed by atoms with van der Waals surface area (Å²) < 4.78 is 10.3. The van der Waals surface area contributed by atoms with Crippen molar-refractivity contribution >= 4 is 23.3 Å². The largest absolute Gasteiger partial charge is 0.481 e. The number of carboxylic acid groups (broad SMARTS) is 1. The molecule has 2 aliphatic heterocycles. The standard InChI is InChI=1S/C17H19N3O7/c21-15(7-19-6-10-2-1-3-17(10,8-19)16(22)23)18-11-4-13-14(27-9-26-13)5-12(11)20(24)25/h4-5,10H,1-3,6-9H2,(H,18,21)(H,22,23)/t10-,17+/m0/s1. The molecule has 27 heavy (non-hydrogen) atoms. The fourth-order valence-electron chi connectivity index (χ4n) is 4.44. The Morgan fingerprint density at radius 3 is 2.78 bits per heavy atom. The van der Waals surface area contributed by atoms with Crippen molar-refractivity contribution in [3.8, 4) is 11.5 Å². The monoisotopic (exact) mass is 377 g/mol. The number of benzene rings is 1. The molecule has 0 unspecified atom stereocenters. The van der Waals surface area contributed by atoms with E-state index in [4.69, 9.17) is 9.47 Å². The van der Waals surface area contributed by atoms with Gasteiger partial charge in [0.25, 0.3) is 5.69 Å². The van der Waals surface area contributed by atoms with Crippen LogP contribution in [0.1, 0.15) is 19.3 Å². The summed E-state index contributed by atoms with van der Waals surface area (Å²) in [4.78, 5) is 36.7. The smallest absolute Gasteiger partial charge is 0.311 e. The maximum absolute atomic E-state index is 12.4. The van der Waals surface area contributed by atoms with Gasteiger partial charge in [-0.1, -0.05) is 6.42 Å². The third-order valence-corrected chi connectivity index (χ3v) is 5.70. The van der Waals surface area contributed by atoms with Gasteiger partial charge >= 0.3 is 5.97 Å². The minimum absolute atomic E-state index is 0.0167. The van der Waals surface area contributed by atoms with Gasteiger partial charge in [0.1, 0.15) is 5.69 Å². The Balaban J connectivity index is 1.46. The van der Waals surface area contributed by atoms with Crippen LogP contribution < -0.4 is 14.8 Å². The minimum atomic E-state index is -0.806. The molecular formula is C17H19N3O7. The number of ether oxygens (including phenoxy) is 2. The molecule has 0 radical (unpaired) electrons. The van der Waals surface area contributed by atoms with E-state index in [1.165, 1.54) is 12.1 Å². The van der Waals surface area contributed by atoms with Crippen molar-refractivity contribution < 1.29 is 29.1 Å². The molecule has 10 nitrogen and oxygen atoms in total. The Kier molecular flexibility index (Phi) is 4.14. The highest BCUT2D eigenvalue weighted by molar-refractivity contribution is 5.95. The van der Waals surface area contributed by atoms with Crippen molar-refractivity contribution in [2.24, 2.45) is 11.3 Å². The van der Waals surface area contributed by atoms with E-state index < -0.39 is 22.2 Å². The van der Waals surface area contributed by atoms with Crippen molar-refractivity contribution in [3.63, 3.8) is 0 Å². The number of fused-ring (bicyclic) bond motifs is 2. The molecule has 2 fully saturated rings. The van der Waals surface area contributed by atoms with E-state index in [1.807, 2.05) is 4.90 Å². The number of carbonyl (C=O) groups excluding carboxylic acids is 1. The number of carbonyl (C=O) groups is 2. The van der Waals surface area contributed by atoms with E-state index in [-0.39, 0.29) is 36.4 Å². The molecule has 2 heterocycles. The fourth-order valence-corrected chi connectivity index (χ4v) is 4.44. The molecule has 10 heteroatoms. The van der Waals surface area contributed by atoms with Crippen LogP contribution in [0.4, 0.5) is 11.4 Å². The van der Waals surface area contributed by atoms with Gasteiger partial charge < -0.3 is 19.9 Å². The summed E-state index contributed by atoms with van der Waals surface area (Å²) >= 11 is 0. The number of aliphatic carboxylic acids is 1. The lowest BCUT2D eigenvalue weighted by Crippen LogP contribution is -2.37. The van der Waals surface area contributed by atoms with Crippen LogP contribution >= 0.6 is 0 Å². The Labute approximate surface area is 154 Å². The molecule has 2 N–H and O–H groups in total. The zero-order valence-electron chi connectivity index (χ0n) is 14.5. The van der Waals surface area contributed by atoms with Gasteiger partial charge in [0.05, 0.1) is 22.9 Å². The third kappa shape index (κ3) is 2.95. The van der Waals surface area contributed by atoms with E-state index >= 15 is 0 Å². The molecule has 144 valence electrons. The Bertz CT molecular complexity index is 827. The summed E-state index contributed by atoms with van der Waals surface area (Å²) in [6.45, 7) is 0.819. The number of likely N-dealkylation sites (tertiary alicyclic amines) is 1. The number of nitrogens with one attached hydrogen (secondary N) is 1. The van der Waals surface area contributed by atoms with Gasteiger partial charge in [-0.25, -0.2) is 0 Å². The highest BCUT2D eigenvalue weighted by Gasteiger charge is 2.54. The van der Waals surface area contributed by atoms with E-state index in [0.29, 0.717) is 25.3 Å². The molecule has 2 atom stereocenters. The predicted molar refractivity (Wildman–Crippen MR) is 91.7 cm³/mol. The molecule has 1 saturated heterocycles. The average molecular weight is 377 g/mol. The zero-order chi connectivity index (χ0) is 19.2. The summed E-state index contributed by atoms with van der Waals surface area (Å²) in [6.07, 6.45) is 2.36. The maximum atomic E-state index is 12.4. The van der Waals surface area contributed by atoms with Gasteiger partial charge in [-0.2, -0.15) is 0 Å². The predicted octanol–water partition coefficient (Wildman–Crippen LogP) is 1.45. The molecule has 1 saturated carbocycles. The lowest BCUT2D eigenvalue weighted by Gasteiger charge is -2.23. The number of carboxylic acids is 1. The van der Waals surface area contributed by atoms with Crippen LogP contribution in [0.3, 0.4) is 0 Å². The van der Waals surface area contributed by atoms with Crippen LogP contribution in [0.25, 0.3) is 0 Å². The van der Waals surface area contributed by atoms with Crippen LogP contribution in [0.5, 0.6) is 11.5 Å². The molecule has 1 amide bonds. The minimum Gasteiger partial charge on any atom is -0.481 e. The first-order chi connectivity index (χ1) is 12.9. The quantitative estimate of drug-likeness (QED) is 0.582. The number of nitro groups is 1. The number of anilines is 1. The summed E-state index contributed by atoms with van der Waals surface area (Å²) in [5, 5.41) is 23.5. The van der Waals surface area contributed by atoms with Crippen LogP contribution in [-0.4, -0.2) is 53.2 Å². The summed E-state index contributed by atoms with van der Waals surface area (Å²) in [5.41, 5.74) is -1.03. The molecule has 1 aliphatic carbocycles. The van der Waals surface area contributed by atoms with Crippen molar-refractivity contribution in [1.82, 2.24) is 4.90 Å². The van der Waals surface area contributed by atoms with E-state index in [2.05, 4.69) is 5.32 Å². The topological polar surface area (TPSA) is 131 Å². The molecular weight excluding hydrogens is 358 g/mol. The Morgan fingerprint density at radius 1 is 1.37 bits per heavy atom. The summed E-state index contributed by atoms with van der Waals surface area (Å²) in [7, 11) is 0. The molecule has 0 bridgehead atoms. The van der Waals surface area contributed by atoms with Crippen molar-refractivity contribution in [3.05, 3.63) is 22.2 Å². The Hall–Kier alpha value is -2.88. The van der Waals surface area contributed by atoms with Crippen LogP contribution in [0.15, 0.2) is 12.1 Å². The second kappa shape index (κ2) is 6.38. The third-order valence-electron chi connectivity index (χ3n) is 5.70. The van der Waals surface area contributed by atoms with E-state index in [0.717, 1.165) is 12.8 Å². The lowest BCUT2D eigenvalue weighted by molar-refractivity contribution is -0.384. The number of hydrogen-bond acceptors (Lipinski definition) is 7. The molecule has 4 rings (SSSR count). The molecule has 1 aromatic carbocycles. The van der Waals surface area contributed by atoms with Crippen molar-refractivity contribution in [2.45, 2.75) is 19.3 Å². The number of amides is 1. The highest BCUT2D eigenvalue weighted by atomic mass is 16.7. The highest BCUT2D eigenvalue weighted by Crippen LogP contribution is 2.48. The van der Waals surface area contributed by atoms with Crippen molar-refractivity contribution in [2.75, 3.05) is 31.7 Å². The van der Waals surface area contributed by atoms with Gasteiger partial charge in [-0.3, -0.25) is 24.6 Å². The normalized spacial score (nSPS) is 26.0. The SMILES string of the molecule is O=C(CN1C[C@@H]2CCC[C@@]2(C(=O)O)C1)Nc1cc2c(cc1[N+](=O)[O-])OCO2. The van der Waals surface area contributed by atoms with Gasteiger partial charge in [-0.05, 0) is 18.8 Å². The lowest BCUT2D eigenvalue weighted by atomic mass is 9.81. The first kappa shape index (κ1) is 17.5. The summed E-state index contributed by atoms with van der Waals surface area (Å²) in [5.74, 6) is -0.605. The number of nitro benzene ring substituents is 1. The van der Waals surface area contributed by atoms with Crippen LogP contribution in [0, 0.1) is 21.4 Å². The first-order valence-corrected chi connectivity index (χ1v) is 8.73. The molecule has 0 aromatic heterocycles. The van der Waals surface area contributed by atoms with Crippen molar-refractivity contribution in [1.29, 1.82) is 0 Å². The molecule has 1 aromatic rings. The number of rotatable bonds is 5. The average Bonchev–Trinajstić information content (AvgIpc) is 3.27. The number of hydrogen-bond donors (Lipinski definition) is 2. The number of nitrogens with zero attached hydrogens (tertiary/aromatic N) is 2. The fraction of sp³-hybridized carbons (Fsp3) is 0.529. The van der Waals surface area contributed by atoms with E-state index in [9.17, 15) is 24.8 Å². The van der Waals surface area contributed by atoms with Gasteiger partial charge in [0.15, 0.2) is 11.5 Å². The van der Waals surface area contributed by atoms with Crippen LogP contribution in [-0.2, 0) is 9.59 Å². The maximum Gasteiger partial charge on any atom is 0.311 e. The van der Waals surface area contributed by atoms with Gasteiger partial charge in [0.2, 0.25) is 12.7 Å². The zero-order valence-corrected chi connectivity index (χ0v) is 14.5. The second-order valence-electron chi connectivity index (χ2n) is 7.25. The molecule has 0 spiro atoms. The van der Waals surface area contributed by atoms with Crippen LogP contribution in [0.2, 0.25) is 0 Å². The molecule has 3 aliphatic rings.